The van der Waals surface area contributed by atoms with Crippen LogP contribution in [0.15, 0.2) is 18.2 Å². The lowest BCUT2D eigenvalue weighted by atomic mass is 9.75. The van der Waals surface area contributed by atoms with E-state index in [1.165, 1.54) is 12.8 Å². The zero-order chi connectivity index (χ0) is 23.4. The maximum atomic E-state index is 12.9. The summed E-state index contributed by atoms with van der Waals surface area (Å²) in [7, 11) is 0. The van der Waals surface area contributed by atoms with Gasteiger partial charge in [0.05, 0.1) is 0 Å². The van der Waals surface area contributed by atoms with E-state index in [1.807, 2.05) is 0 Å². The highest BCUT2D eigenvalue weighted by molar-refractivity contribution is 5.91. The van der Waals surface area contributed by atoms with Gasteiger partial charge in [-0.25, -0.2) is 14.6 Å². The molecule has 0 spiro atoms. The van der Waals surface area contributed by atoms with Crippen molar-refractivity contribution in [3.63, 3.8) is 0 Å². The average molecular weight is 444 g/mol. The summed E-state index contributed by atoms with van der Waals surface area (Å²) in [6.45, 7) is 13.2. The predicted octanol–water partition coefficient (Wildman–Crippen LogP) is 6.32. The van der Waals surface area contributed by atoms with Crippen LogP contribution in [0, 0.1) is 35.5 Å². The minimum Gasteiger partial charge on any atom is -0.457 e. The number of aromatic nitrogens is 1. The summed E-state index contributed by atoms with van der Waals surface area (Å²) in [6, 6.07) is 4.93. The Kier molecular flexibility index (Phi) is 8.35. The van der Waals surface area contributed by atoms with E-state index in [0.29, 0.717) is 35.5 Å². The Bertz CT molecular complexity index is 728. The first-order chi connectivity index (χ1) is 15.2. The molecule has 0 amide bonds. The molecule has 5 heteroatoms. The zero-order valence-electron chi connectivity index (χ0n) is 20.7. The average Bonchev–Trinajstić information content (AvgIpc) is 2.73. The molecule has 2 aliphatic rings. The van der Waals surface area contributed by atoms with Crippen molar-refractivity contribution in [2.45, 2.75) is 92.3 Å². The van der Waals surface area contributed by atoms with Crippen molar-refractivity contribution >= 4 is 11.9 Å². The van der Waals surface area contributed by atoms with E-state index < -0.39 is 11.9 Å². The van der Waals surface area contributed by atoms with Crippen LogP contribution >= 0.6 is 0 Å². The highest BCUT2D eigenvalue weighted by Gasteiger charge is 2.35. The quantitative estimate of drug-likeness (QED) is 0.482. The van der Waals surface area contributed by atoms with Gasteiger partial charge in [0.1, 0.15) is 23.6 Å². The van der Waals surface area contributed by atoms with Crippen molar-refractivity contribution in [2.24, 2.45) is 35.5 Å². The molecule has 0 aliphatic heterocycles. The molecule has 5 nitrogen and oxygen atoms in total. The molecule has 6 unspecified atom stereocenters. The predicted molar refractivity (Wildman–Crippen MR) is 125 cm³/mol. The number of pyridine rings is 1. The summed E-state index contributed by atoms with van der Waals surface area (Å²) in [6.07, 6.45) is 6.07. The fourth-order valence-electron chi connectivity index (χ4n) is 5.56. The zero-order valence-corrected chi connectivity index (χ0v) is 20.7. The number of rotatable bonds is 6. The van der Waals surface area contributed by atoms with Gasteiger partial charge in [0.2, 0.25) is 0 Å². The summed E-state index contributed by atoms with van der Waals surface area (Å²) in [5, 5.41) is 0. The Morgan fingerprint density at radius 2 is 1.19 bits per heavy atom. The third kappa shape index (κ3) is 6.11. The minimum atomic E-state index is -0.448. The monoisotopic (exact) mass is 443 g/mol. The molecule has 3 rings (SSSR count). The van der Waals surface area contributed by atoms with Crippen molar-refractivity contribution < 1.29 is 19.1 Å². The first kappa shape index (κ1) is 24.7. The molecule has 0 radical (unpaired) electrons. The first-order valence-corrected chi connectivity index (χ1v) is 12.5. The van der Waals surface area contributed by atoms with Crippen molar-refractivity contribution in [2.75, 3.05) is 0 Å². The number of esters is 2. The second-order valence-corrected chi connectivity index (χ2v) is 10.9. The molecule has 0 N–H and O–H groups in total. The van der Waals surface area contributed by atoms with Crippen molar-refractivity contribution in [1.82, 2.24) is 4.98 Å². The topological polar surface area (TPSA) is 65.5 Å². The van der Waals surface area contributed by atoms with Gasteiger partial charge in [0, 0.05) is 0 Å². The fourth-order valence-corrected chi connectivity index (χ4v) is 5.56. The molecule has 0 aromatic carbocycles. The molecule has 0 bridgehead atoms. The SMILES string of the molecule is CC1CCC(C(C)C)C(OC(=O)c2cccc(C(=O)OC3CC(C)CCC3C(C)C)n2)C1. The second-order valence-electron chi connectivity index (χ2n) is 10.9. The lowest BCUT2D eigenvalue weighted by Crippen LogP contribution is -2.36. The van der Waals surface area contributed by atoms with Crippen molar-refractivity contribution in [3.05, 3.63) is 29.6 Å². The Morgan fingerprint density at radius 1 is 0.781 bits per heavy atom. The van der Waals surface area contributed by atoms with Crippen LogP contribution in [0.4, 0.5) is 0 Å². The molecule has 1 heterocycles. The highest BCUT2D eigenvalue weighted by atomic mass is 16.5. The van der Waals surface area contributed by atoms with Crippen molar-refractivity contribution in [3.8, 4) is 0 Å². The molecular weight excluding hydrogens is 402 g/mol. The van der Waals surface area contributed by atoms with E-state index in [0.717, 1.165) is 25.7 Å². The van der Waals surface area contributed by atoms with E-state index in [-0.39, 0.29) is 23.6 Å². The van der Waals surface area contributed by atoms with E-state index >= 15 is 0 Å². The van der Waals surface area contributed by atoms with Crippen LogP contribution in [0.25, 0.3) is 0 Å². The van der Waals surface area contributed by atoms with Gasteiger partial charge in [-0.1, -0.05) is 60.5 Å². The van der Waals surface area contributed by atoms with E-state index in [4.69, 9.17) is 9.47 Å². The first-order valence-electron chi connectivity index (χ1n) is 12.5. The second kappa shape index (κ2) is 10.8. The Labute approximate surface area is 193 Å². The lowest BCUT2D eigenvalue weighted by molar-refractivity contribution is -0.0184. The summed E-state index contributed by atoms with van der Waals surface area (Å²) >= 11 is 0. The molecule has 1 aromatic rings. The summed E-state index contributed by atoms with van der Waals surface area (Å²) in [5.74, 6) is 1.84. The minimum absolute atomic E-state index is 0.0980. The molecule has 1 aromatic heterocycles. The van der Waals surface area contributed by atoms with Crippen LogP contribution in [-0.2, 0) is 9.47 Å². The van der Waals surface area contributed by atoms with Crippen LogP contribution in [0.2, 0.25) is 0 Å². The Morgan fingerprint density at radius 3 is 1.56 bits per heavy atom. The van der Waals surface area contributed by atoms with Gasteiger partial charge in [0.25, 0.3) is 0 Å². The summed E-state index contributed by atoms with van der Waals surface area (Å²) < 4.78 is 11.8. The maximum Gasteiger partial charge on any atom is 0.357 e. The molecule has 178 valence electrons. The highest BCUT2D eigenvalue weighted by Crippen LogP contribution is 2.37. The third-order valence-corrected chi connectivity index (χ3v) is 7.61. The summed E-state index contributed by atoms with van der Waals surface area (Å²) in [4.78, 5) is 30.1. The standard InChI is InChI=1S/C27H41NO4/c1-16(2)20-12-10-18(5)14-24(20)31-26(29)22-8-7-9-23(28-22)27(30)32-25-15-19(6)11-13-21(25)17(3)4/h7-9,16-21,24-25H,10-15H2,1-6H3. The van der Waals surface area contributed by atoms with E-state index in [2.05, 4.69) is 46.5 Å². The molecule has 2 aliphatic carbocycles. The number of hydrogen-bond acceptors (Lipinski definition) is 5. The molecule has 2 saturated carbocycles. The van der Waals surface area contributed by atoms with Crippen LogP contribution < -0.4 is 0 Å². The number of carbonyl (C=O) groups excluding carboxylic acids is 2. The number of nitrogens with zero attached hydrogens (tertiary/aromatic N) is 1. The molecule has 32 heavy (non-hydrogen) atoms. The fraction of sp³-hybridized carbons (Fsp3) is 0.741. The molecule has 2 fully saturated rings. The summed E-state index contributed by atoms with van der Waals surface area (Å²) in [5.41, 5.74) is 0.357. The molecule has 0 saturated heterocycles. The normalized spacial score (nSPS) is 30.9. The Hall–Kier alpha value is -1.91. The van der Waals surface area contributed by atoms with Crippen LogP contribution in [-0.4, -0.2) is 29.1 Å². The van der Waals surface area contributed by atoms with Gasteiger partial charge >= 0.3 is 11.9 Å². The molecular formula is C27H41NO4. The van der Waals surface area contributed by atoms with E-state index in [1.54, 1.807) is 18.2 Å². The van der Waals surface area contributed by atoms with Gasteiger partial charge in [0.15, 0.2) is 0 Å². The molecule has 6 atom stereocenters. The van der Waals surface area contributed by atoms with Gasteiger partial charge < -0.3 is 9.47 Å². The largest absolute Gasteiger partial charge is 0.457 e. The third-order valence-electron chi connectivity index (χ3n) is 7.61. The lowest BCUT2D eigenvalue weighted by Gasteiger charge is -2.36. The van der Waals surface area contributed by atoms with Crippen molar-refractivity contribution in [1.29, 1.82) is 0 Å². The van der Waals surface area contributed by atoms with Crippen LogP contribution in [0.1, 0.15) is 101 Å². The maximum absolute atomic E-state index is 12.9. The van der Waals surface area contributed by atoms with E-state index in [9.17, 15) is 9.59 Å². The van der Waals surface area contributed by atoms with Gasteiger partial charge in [-0.15, -0.1) is 0 Å². The number of carbonyl (C=O) groups is 2. The smallest absolute Gasteiger partial charge is 0.357 e. The van der Waals surface area contributed by atoms with Crippen LogP contribution in [0.5, 0.6) is 0 Å². The van der Waals surface area contributed by atoms with Gasteiger partial charge in [-0.2, -0.15) is 0 Å². The Balaban J connectivity index is 1.68. The van der Waals surface area contributed by atoms with Gasteiger partial charge in [-0.3, -0.25) is 0 Å². The van der Waals surface area contributed by atoms with Gasteiger partial charge in [-0.05, 0) is 73.3 Å². The number of hydrogen-bond donors (Lipinski definition) is 0. The van der Waals surface area contributed by atoms with Crippen LogP contribution in [0.3, 0.4) is 0 Å². The number of ether oxygens (including phenoxy) is 2.